The fourth-order valence-corrected chi connectivity index (χ4v) is 6.16. The van der Waals surface area contributed by atoms with Crippen molar-refractivity contribution in [1.82, 2.24) is 0 Å². The minimum Gasteiger partial charge on any atom is -0.507 e. The molecular formula is C28H31NO9. The second kappa shape index (κ2) is 9.16. The Labute approximate surface area is 219 Å². The molecule has 0 spiro atoms. The van der Waals surface area contributed by atoms with Crippen molar-refractivity contribution in [2.75, 3.05) is 7.11 Å². The third kappa shape index (κ3) is 3.82. The van der Waals surface area contributed by atoms with Crippen molar-refractivity contribution in [2.45, 2.75) is 69.5 Å². The van der Waals surface area contributed by atoms with Crippen LogP contribution in [0.3, 0.4) is 0 Å². The number of rotatable bonds is 4. The first-order valence-electron chi connectivity index (χ1n) is 12.6. The molecule has 6 atom stereocenters. The molecule has 1 fully saturated rings. The SMILES string of the molecule is COc1cccc2c1C(=O)c1c(O)c3c(c(O)c1C2=O)C[C@@](O)(C(C)=O)C[C@@H]3O[C@@H]1CC(C)[C@@H](O)C(N)C1. The number of phenolic OH excluding ortho intramolecular Hbond substituents is 2. The van der Waals surface area contributed by atoms with Crippen molar-refractivity contribution in [1.29, 1.82) is 0 Å². The maximum atomic E-state index is 13.7. The number of ketones is 3. The van der Waals surface area contributed by atoms with Crippen LogP contribution in [0.25, 0.3) is 0 Å². The molecule has 0 aliphatic heterocycles. The molecule has 0 bridgehead atoms. The first kappa shape index (κ1) is 26.3. The molecular weight excluding hydrogens is 494 g/mol. The van der Waals surface area contributed by atoms with Crippen LogP contribution >= 0.6 is 0 Å². The predicted octanol–water partition coefficient (Wildman–Crippen LogP) is 1.69. The van der Waals surface area contributed by atoms with Crippen LogP contribution in [0, 0.1) is 5.92 Å². The molecule has 0 aromatic heterocycles. The lowest BCUT2D eigenvalue weighted by molar-refractivity contribution is -0.146. The molecule has 3 aliphatic carbocycles. The summed E-state index contributed by atoms with van der Waals surface area (Å²) in [5.74, 6) is -3.15. The van der Waals surface area contributed by atoms with Gasteiger partial charge in [-0.15, -0.1) is 0 Å². The Balaban J connectivity index is 1.68. The number of carbonyl (C=O) groups is 3. The number of benzene rings is 2. The number of nitrogens with two attached hydrogens (primary N) is 1. The van der Waals surface area contributed by atoms with E-state index in [4.69, 9.17) is 15.2 Å². The number of hydrogen-bond donors (Lipinski definition) is 5. The summed E-state index contributed by atoms with van der Waals surface area (Å²) >= 11 is 0. The average Bonchev–Trinajstić information content (AvgIpc) is 2.87. The minimum atomic E-state index is -1.94. The smallest absolute Gasteiger partial charge is 0.202 e. The molecule has 2 aromatic carbocycles. The number of Topliss-reactive ketones (excluding diaryl/α,β-unsaturated/α-hetero) is 1. The maximum Gasteiger partial charge on any atom is 0.202 e. The number of aliphatic hydroxyl groups is 2. The highest BCUT2D eigenvalue weighted by Gasteiger charge is 2.49. The second-order valence-electron chi connectivity index (χ2n) is 10.7. The van der Waals surface area contributed by atoms with Crippen molar-refractivity contribution < 1.29 is 44.3 Å². The van der Waals surface area contributed by atoms with Crippen LogP contribution in [0.5, 0.6) is 17.2 Å². The van der Waals surface area contributed by atoms with Crippen molar-refractivity contribution in [3.63, 3.8) is 0 Å². The third-order valence-electron chi connectivity index (χ3n) is 8.28. The zero-order valence-electron chi connectivity index (χ0n) is 21.4. The van der Waals surface area contributed by atoms with Gasteiger partial charge in [-0.05, 0) is 31.7 Å². The summed E-state index contributed by atoms with van der Waals surface area (Å²) < 4.78 is 11.6. The highest BCUT2D eigenvalue weighted by atomic mass is 16.5. The van der Waals surface area contributed by atoms with Gasteiger partial charge in [0.2, 0.25) is 5.78 Å². The fraction of sp³-hybridized carbons (Fsp3) is 0.464. The predicted molar refractivity (Wildman–Crippen MR) is 134 cm³/mol. The van der Waals surface area contributed by atoms with Crippen LogP contribution in [0.15, 0.2) is 18.2 Å². The van der Waals surface area contributed by atoms with Gasteiger partial charge in [0, 0.05) is 35.6 Å². The number of aliphatic hydroxyl groups excluding tert-OH is 1. The van der Waals surface area contributed by atoms with Gasteiger partial charge in [-0.1, -0.05) is 19.1 Å². The normalized spacial score (nSPS) is 30.3. The summed E-state index contributed by atoms with van der Waals surface area (Å²) in [7, 11) is 1.35. The largest absolute Gasteiger partial charge is 0.507 e. The van der Waals surface area contributed by atoms with E-state index in [-0.39, 0.29) is 58.7 Å². The highest BCUT2D eigenvalue weighted by molar-refractivity contribution is 6.31. The molecule has 0 amide bonds. The number of ether oxygens (including phenoxy) is 2. The van der Waals surface area contributed by atoms with Crippen LogP contribution in [-0.2, 0) is 16.0 Å². The number of carbonyl (C=O) groups excluding carboxylic acids is 3. The molecule has 3 aliphatic rings. The summed E-state index contributed by atoms with van der Waals surface area (Å²) in [6.07, 6.45) is -2.22. The van der Waals surface area contributed by atoms with E-state index in [2.05, 4.69) is 0 Å². The maximum absolute atomic E-state index is 13.7. The van der Waals surface area contributed by atoms with Gasteiger partial charge in [-0.3, -0.25) is 14.4 Å². The molecule has 1 saturated carbocycles. The van der Waals surface area contributed by atoms with E-state index in [9.17, 15) is 34.8 Å². The van der Waals surface area contributed by atoms with Crippen LogP contribution < -0.4 is 10.5 Å². The molecule has 202 valence electrons. The van der Waals surface area contributed by atoms with Gasteiger partial charge < -0.3 is 35.6 Å². The van der Waals surface area contributed by atoms with Gasteiger partial charge in [-0.2, -0.15) is 0 Å². The Morgan fingerprint density at radius 3 is 2.39 bits per heavy atom. The molecule has 0 radical (unpaired) electrons. The van der Waals surface area contributed by atoms with E-state index >= 15 is 0 Å². The summed E-state index contributed by atoms with van der Waals surface area (Å²) in [5, 5.41) is 44.4. The first-order valence-corrected chi connectivity index (χ1v) is 12.6. The van der Waals surface area contributed by atoms with Crippen LogP contribution in [0.4, 0.5) is 0 Å². The minimum absolute atomic E-state index is 0.00526. The van der Waals surface area contributed by atoms with E-state index in [0.29, 0.717) is 6.42 Å². The van der Waals surface area contributed by atoms with E-state index in [0.717, 1.165) is 0 Å². The average molecular weight is 526 g/mol. The Morgan fingerprint density at radius 1 is 1.08 bits per heavy atom. The fourth-order valence-electron chi connectivity index (χ4n) is 6.16. The molecule has 10 heteroatoms. The van der Waals surface area contributed by atoms with Gasteiger partial charge in [0.1, 0.15) is 22.8 Å². The molecule has 5 rings (SSSR count). The second-order valence-corrected chi connectivity index (χ2v) is 10.7. The van der Waals surface area contributed by atoms with Crippen molar-refractivity contribution in [3.8, 4) is 17.2 Å². The Kier molecular flexibility index (Phi) is 6.34. The highest BCUT2D eigenvalue weighted by Crippen LogP contribution is 2.52. The van der Waals surface area contributed by atoms with E-state index < -0.39 is 64.4 Å². The van der Waals surface area contributed by atoms with Crippen molar-refractivity contribution in [2.24, 2.45) is 11.7 Å². The molecule has 10 nitrogen and oxygen atoms in total. The van der Waals surface area contributed by atoms with Gasteiger partial charge in [-0.25, -0.2) is 0 Å². The molecule has 6 N–H and O–H groups in total. The first-order chi connectivity index (χ1) is 17.9. The zero-order chi connectivity index (χ0) is 27.7. The molecule has 2 aromatic rings. The summed E-state index contributed by atoms with van der Waals surface area (Å²) in [4.78, 5) is 39.7. The molecule has 0 saturated heterocycles. The quantitative estimate of drug-likeness (QED) is 0.315. The van der Waals surface area contributed by atoms with E-state index in [1.54, 1.807) is 0 Å². The molecule has 0 heterocycles. The number of fused-ring (bicyclic) bond motifs is 3. The lowest BCUT2D eigenvalue weighted by Crippen LogP contribution is -2.49. The Bertz CT molecular complexity index is 1360. The van der Waals surface area contributed by atoms with Crippen LogP contribution in [0.1, 0.15) is 82.2 Å². The number of methoxy groups -OCH3 is 1. The van der Waals surface area contributed by atoms with E-state index in [1.165, 1.54) is 32.2 Å². The van der Waals surface area contributed by atoms with Crippen LogP contribution in [0.2, 0.25) is 0 Å². The Hall–Kier alpha value is -3.31. The summed E-state index contributed by atoms with van der Waals surface area (Å²) in [5.41, 5.74) is 3.36. The lowest BCUT2D eigenvalue weighted by atomic mass is 9.72. The van der Waals surface area contributed by atoms with E-state index in [1.807, 2.05) is 6.92 Å². The molecule has 38 heavy (non-hydrogen) atoms. The molecule has 2 unspecified atom stereocenters. The summed E-state index contributed by atoms with van der Waals surface area (Å²) in [6, 6.07) is 3.92. The number of phenols is 2. The standard InChI is InChI=1S/C28H31NO9/c1-11-7-13(8-16(29)23(11)31)38-18-10-28(36,12(2)30)9-15-20(18)27(35)22-21(25(15)33)24(32)14-5-4-6-17(37-3)19(14)26(22)34/h4-6,11,13,16,18,23,31,33,35-36H,7-10,29H2,1-3H3/t11?,13-,16?,18+,23-,28+/m1/s1. The van der Waals surface area contributed by atoms with Gasteiger partial charge in [0.25, 0.3) is 0 Å². The third-order valence-corrected chi connectivity index (χ3v) is 8.28. The van der Waals surface area contributed by atoms with Crippen LogP contribution in [-0.4, -0.2) is 68.7 Å². The van der Waals surface area contributed by atoms with Gasteiger partial charge in [0.15, 0.2) is 11.6 Å². The number of hydrogen-bond acceptors (Lipinski definition) is 10. The van der Waals surface area contributed by atoms with Crippen molar-refractivity contribution in [3.05, 3.63) is 51.6 Å². The number of aromatic hydroxyl groups is 2. The zero-order valence-corrected chi connectivity index (χ0v) is 21.4. The van der Waals surface area contributed by atoms with Crippen molar-refractivity contribution >= 4 is 17.3 Å². The van der Waals surface area contributed by atoms with Gasteiger partial charge in [0.05, 0.1) is 42.1 Å². The monoisotopic (exact) mass is 525 g/mol. The topological polar surface area (TPSA) is 177 Å². The lowest BCUT2D eigenvalue weighted by Gasteiger charge is -2.42. The summed E-state index contributed by atoms with van der Waals surface area (Å²) in [6.45, 7) is 3.04. The Morgan fingerprint density at radius 2 is 1.76 bits per heavy atom. The van der Waals surface area contributed by atoms with Gasteiger partial charge >= 0.3 is 0 Å².